The van der Waals surface area contributed by atoms with Crippen LogP contribution in [-0.4, -0.2) is 0 Å². The predicted molar refractivity (Wildman–Crippen MR) is 84.3 cm³/mol. The first-order valence-electron chi connectivity index (χ1n) is 6.90. The Kier molecular flexibility index (Phi) is 3.69. The van der Waals surface area contributed by atoms with Crippen molar-refractivity contribution < 1.29 is 4.39 Å². The van der Waals surface area contributed by atoms with Gasteiger partial charge < -0.3 is 0 Å². The fourth-order valence-electron chi connectivity index (χ4n) is 2.81. The lowest BCUT2D eigenvalue weighted by Crippen LogP contribution is -2.29. The van der Waals surface area contributed by atoms with Crippen LogP contribution in [0.2, 0.25) is 0 Å². The van der Waals surface area contributed by atoms with Crippen molar-refractivity contribution in [2.24, 2.45) is 5.84 Å². The fraction of sp³-hybridized carbons (Fsp3) is 0.111. The van der Waals surface area contributed by atoms with Gasteiger partial charge in [0.05, 0.1) is 6.04 Å². The topological polar surface area (TPSA) is 38.0 Å². The lowest BCUT2D eigenvalue weighted by molar-refractivity contribution is 0.613. The minimum Gasteiger partial charge on any atom is -0.271 e. The van der Waals surface area contributed by atoms with E-state index in [1.807, 2.05) is 25.1 Å². The average molecular weight is 280 g/mol. The molecule has 0 aliphatic carbocycles. The van der Waals surface area contributed by atoms with Gasteiger partial charge in [0, 0.05) is 0 Å². The van der Waals surface area contributed by atoms with E-state index >= 15 is 0 Å². The molecule has 3 rings (SSSR count). The van der Waals surface area contributed by atoms with E-state index in [9.17, 15) is 4.39 Å². The highest BCUT2D eigenvalue weighted by molar-refractivity contribution is 5.86. The highest BCUT2D eigenvalue weighted by Crippen LogP contribution is 2.30. The van der Waals surface area contributed by atoms with Crippen molar-refractivity contribution in [1.82, 2.24) is 5.43 Å². The van der Waals surface area contributed by atoms with Crippen molar-refractivity contribution in [1.29, 1.82) is 0 Å². The van der Waals surface area contributed by atoms with Crippen LogP contribution >= 0.6 is 0 Å². The molecule has 3 heteroatoms. The molecule has 0 saturated carbocycles. The third kappa shape index (κ3) is 2.53. The number of fused-ring (bicyclic) bond motifs is 1. The zero-order valence-corrected chi connectivity index (χ0v) is 11.8. The predicted octanol–water partition coefficient (Wildman–Crippen LogP) is 3.84. The van der Waals surface area contributed by atoms with E-state index in [4.69, 9.17) is 5.84 Å². The number of aryl methyl sites for hydroxylation is 1. The Morgan fingerprint density at radius 2 is 1.71 bits per heavy atom. The smallest absolute Gasteiger partial charge is 0.123 e. The Morgan fingerprint density at radius 3 is 2.48 bits per heavy atom. The average Bonchev–Trinajstić information content (AvgIpc) is 2.50. The zero-order valence-electron chi connectivity index (χ0n) is 11.8. The molecule has 0 amide bonds. The van der Waals surface area contributed by atoms with E-state index < -0.39 is 0 Å². The van der Waals surface area contributed by atoms with Crippen LogP contribution < -0.4 is 11.3 Å². The van der Waals surface area contributed by atoms with E-state index in [0.717, 1.165) is 27.5 Å². The monoisotopic (exact) mass is 280 g/mol. The van der Waals surface area contributed by atoms with Crippen LogP contribution in [0, 0.1) is 12.7 Å². The highest BCUT2D eigenvalue weighted by atomic mass is 19.1. The molecule has 3 N–H and O–H groups in total. The minimum absolute atomic E-state index is 0.170. The second kappa shape index (κ2) is 5.64. The van der Waals surface area contributed by atoms with Crippen LogP contribution in [0.4, 0.5) is 4.39 Å². The second-order valence-corrected chi connectivity index (χ2v) is 5.17. The third-order valence-corrected chi connectivity index (χ3v) is 3.84. The molecule has 3 aromatic carbocycles. The normalized spacial score (nSPS) is 12.5. The van der Waals surface area contributed by atoms with Crippen molar-refractivity contribution >= 4 is 10.8 Å². The quantitative estimate of drug-likeness (QED) is 0.565. The van der Waals surface area contributed by atoms with Gasteiger partial charge in [0.2, 0.25) is 0 Å². The first-order valence-corrected chi connectivity index (χ1v) is 6.90. The molecule has 0 radical (unpaired) electrons. The van der Waals surface area contributed by atoms with Crippen molar-refractivity contribution in [3.8, 4) is 0 Å². The van der Waals surface area contributed by atoms with Crippen molar-refractivity contribution in [3.63, 3.8) is 0 Å². The van der Waals surface area contributed by atoms with Crippen LogP contribution in [0.15, 0.2) is 60.7 Å². The Hall–Kier alpha value is -2.23. The molecule has 0 fully saturated rings. The van der Waals surface area contributed by atoms with E-state index in [2.05, 4.69) is 29.7 Å². The molecule has 3 aromatic rings. The van der Waals surface area contributed by atoms with Gasteiger partial charge in [0.15, 0.2) is 0 Å². The van der Waals surface area contributed by atoms with Crippen molar-refractivity contribution in [2.75, 3.05) is 0 Å². The van der Waals surface area contributed by atoms with Gasteiger partial charge in [-0.05, 0) is 46.5 Å². The number of halogens is 1. The van der Waals surface area contributed by atoms with Gasteiger partial charge >= 0.3 is 0 Å². The minimum atomic E-state index is -0.232. The van der Waals surface area contributed by atoms with Crippen LogP contribution in [0.25, 0.3) is 10.8 Å². The number of benzene rings is 3. The Labute approximate surface area is 123 Å². The maximum absolute atomic E-state index is 13.3. The van der Waals surface area contributed by atoms with Crippen LogP contribution in [-0.2, 0) is 0 Å². The van der Waals surface area contributed by atoms with Crippen molar-refractivity contribution in [3.05, 3.63) is 83.2 Å². The zero-order chi connectivity index (χ0) is 14.8. The third-order valence-electron chi connectivity index (χ3n) is 3.84. The summed E-state index contributed by atoms with van der Waals surface area (Å²) in [7, 11) is 0. The number of hydrogen-bond acceptors (Lipinski definition) is 2. The SMILES string of the molecule is Cc1cc(F)ccc1C(NN)c1cccc2ccccc12. The van der Waals surface area contributed by atoms with Gasteiger partial charge in [-0.25, -0.2) is 9.82 Å². The van der Waals surface area contributed by atoms with Crippen LogP contribution in [0.1, 0.15) is 22.7 Å². The summed E-state index contributed by atoms with van der Waals surface area (Å²) < 4.78 is 13.3. The van der Waals surface area contributed by atoms with Gasteiger partial charge in [0.1, 0.15) is 5.82 Å². The second-order valence-electron chi connectivity index (χ2n) is 5.17. The first-order chi connectivity index (χ1) is 10.2. The Bertz CT molecular complexity index is 778. The molecule has 0 spiro atoms. The lowest BCUT2D eigenvalue weighted by atomic mass is 9.92. The summed E-state index contributed by atoms with van der Waals surface area (Å²) in [5.41, 5.74) is 5.82. The van der Waals surface area contributed by atoms with Gasteiger partial charge in [-0.3, -0.25) is 5.84 Å². The summed E-state index contributed by atoms with van der Waals surface area (Å²) in [4.78, 5) is 0. The molecule has 0 heterocycles. The van der Waals surface area contributed by atoms with Gasteiger partial charge in [-0.2, -0.15) is 0 Å². The Balaban J connectivity index is 2.18. The number of nitrogens with one attached hydrogen (secondary N) is 1. The van der Waals surface area contributed by atoms with E-state index in [1.54, 1.807) is 6.07 Å². The molecule has 0 saturated heterocycles. The molecule has 0 aliphatic rings. The number of rotatable bonds is 3. The molecule has 0 bridgehead atoms. The van der Waals surface area contributed by atoms with E-state index in [0.29, 0.717) is 0 Å². The maximum atomic E-state index is 13.3. The van der Waals surface area contributed by atoms with Gasteiger partial charge in [-0.1, -0.05) is 48.5 Å². The molecule has 106 valence electrons. The summed E-state index contributed by atoms with van der Waals surface area (Å²) in [6.45, 7) is 1.90. The largest absolute Gasteiger partial charge is 0.271 e. The van der Waals surface area contributed by atoms with Gasteiger partial charge in [-0.15, -0.1) is 0 Å². The molecule has 1 unspecified atom stereocenters. The summed E-state index contributed by atoms with van der Waals surface area (Å²) in [5, 5.41) is 2.31. The molecule has 21 heavy (non-hydrogen) atoms. The molecule has 0 aromatic heterocycles. The highest BCUT2D eigenvalue weighted by Gasteiger charge is 2.17. The van der Waals surface area contributed by atoms with E-state index in [1.165, 1.54) is 12.1 Å². The molecular formula is C18H17FN2. The van der Waals surface area contributed by atoms with E-state index in [-0.39, 0.29) is 11.9 Å². The standard InChI is InChI=1S/C18H17FN2/c1-12-11-14(19)9-10-15(12)18(21-20)17-8-4-6-13-5-2-3-7-16(13)17/h2-11,18,21H,20H2,1H3. The van der Waals surface area contributed by atoms with Crippen LogP contribution in [0.5, 0.6) is 0 Å². The summed E-state index contributed by atoms with van der Waals surface area (Å²) in [6, 6.07) is 18.9. The van der Waals surface area contributed by atoms with Crippen LogP contribution in [0.3, 0.4) is 0 Å². The maximum Gasteiger partial charge on any atom is 0.123 e. The lowest BCUT2D eigenvalue weighted by Gasteiger charge is -2.21. The first kappa shape index (κ1) is 13.7. The molecular weight excluding hydrogens is 263 g/mol. The van der Waals surface area contributed by atoms with Gasteiger partial charge in [0.25, 0.3) is 0 Å². The Morgan fingerprint density at radius 1 is 0.952 bits per heavy atom. The number of hydrazine groups is 1. The summed E-state index contributed by atoms with van der Waals surface area (Å²) in [6.07, 6.45) is 0. The molecule has 0 aliphatic heterocycles. The molecule has 2 nitrogen and oxygen atoms in total. The fourth-order valence-corrected chi connectivity index (χ4v) is 2.81. The number of nitrogens with two attached hydrogens (primary N) is 1. The number of hydrogen-bond donors (Lipinski definition) is 2. The molecule has 1 atom stereocenters. The summed E-state index contributed by atoms with van der Waals surface area (Å²) in [5.74, 6) is 5.56. The van der Waals surface area contributed by atoms with Crippen molar-refractivity contribution in [2.45, 2.75) is 13.0 Å². The summed E-state index contributed by atoms with van der Waals surface area (Å²) >= 11 is 0.